The van der Waals surface area contributed by atoms with Crippen LogP contribution in [0.25, 0.3) is 5.57 Å². The Labute approximate surface area is 108 Å². The zero-order valence-electron chi connectivity index (χ0n) is 9.82. The summed E-state index contributed by atoms with van der Waals surface area (Å²) < 4.78 is 0. The van der Waals surface area contributed by atoms with Crippen LogP contribution in [0.2, 0.25) is 0 Å². The molecule has 0 bridgehead atoms. The Morgan fingerprint density at radius 3 is 2.94 bits per heavy atom. The Bertz CT molecular complexity index is 521. The third-order valence-electron chi connectivity index (χ3n) is 2.49. The first kappa shape index (κ1) is 12.6. The molecule has 18 heavy (non-hydrogen) atoms. The highest BCUT2D eigenvalue weighted by Crippen LogP contribution is 2.30. The standard InChI is InChI=1S/C11H13N3O3S/c1-6(15)13-14-11-12-7(5-18-11)10-8(16)3-2-4-9(10)17/h5,16H,2-4H2,1H3,(H,12,14)(H,13,15). The highest BCUT2D eigenvalue weighted by atomic mass is 32.1. The van der Waals surface area contributed by atoms with Crippen LogP contribution < -0.4 is 10.9 Å². The van der Waals surface area contributed by atoms with Gasteiger partial charge in [0.25, 0.3) is 0 Å². The largest absolute Gasteiger partial charge is 0.511 e. The zero-order chi connectivity index (χ0) is 13.1. The van der Waals surface area contributed by atoms with E-state index in [-0.39, 0.29) is 17.4 Å². The summed E-state index contributed by atoms with van der Waals surface area (Å²) in [5.74, 6) is -0.222. The van der Waals surface area contributed by atoms with Crippen molar-refractivity contribution in [3.63, 3.8) is 0 Å². The maximum Gasteiger partial charge on any atom is 0.235 e. The molecule has 2 rings (SSSR count). The SMILES string of the molecule is CC(=O)NNc1nc(C2=C(O)CCCC2=O)cs1. The van der Waals surface area contributed by atoms with Gasteiger partial charge in [-0.05, 0) is 6.42 Å². The fourth-order valence-corrected chi connectivity index (χ4v) is 2.36. The molecule has 3 N–H and O–H groups in total. The number of hydrogen-bond acceptors (Lipinski definition) is 6. The average Bonchev–Trinajstić information content (AvgIpc) is 2.75. The fourth-order valence-electron chi connectivity index (χ4n) is 1.71. The molecule has 0 spiro atoms. The monoisotopic (exact) mass is 267 g/mol. The molecule has 1 aliphatic carbocycles. The van der Waals surface area contributed by atoms with Crippen molar-refractivity contribution in [3.05, 3.63) is 16.8 Å². The van der Waals surface area contributed by atoms with E-state index in [1.165, 1.54) is 18.3 Å². The predicted molar refractivity (Wildman–Crippen MR) is 68.0 cm³/mol. The number of ketones is 1. The minimum Gasteiger partial charge on any atom is -0.511 e. The second-order valence-electron chi connectivity index (χ2n) is 3.94. The summed E-state index contributed by atoms with van der Waals surface area (Å²) in [5.41, 5.74) is 5.77. The molecule has 0 aromatic carbocycles. The molecule has 7 heteroatoms. The lowest BCUT2D eigenvalue weighted by Crippen LogP contribution is -2.26. The number of carbonyl (C=O) groups is 2. The van der Waals surface area contributed by atoms with Crippen LogP contribution in [-0.2, 0) is 9.59 Å². The number of thiazole rings is 1. The van der Waals surface area contributed by atoms with E-state index in [0.717, 1.165) is 0 Å². The molecule has 0 saturated carbocycles. The summed E-state index contributed by atoms with van der Waals surface area (Å²) in [5, 5.41) is 11.9. The molecular formula is C11H13N3O3S. The summed E-state index contributed by atoms with van der Waals surface area (Å²) in [6.45, 7) is 1.38. The molecular weight excluding hydrogens is 254 g/mol. The number of hydrogen-bond donors (Lipinski definition) is 3. The molecule has 96 valence electrons. The number of amides is 1. The highest BCUT2D eigenvalue weighted by molar-refractivity contribution is 7.13. The Morgan fingerprint density at radius 2 is 2.28 bits per heavy atom. The van der Waals surface area contributed by atoms with Crippen LogP contribution in [0, 0.1) is 0 Å². The molecule has 6 nitrogen and oxygen atoms in total. The normalized spacial score (nSPS) is 15.7. The summed E-state index contributed by atoms with van der Waals surface area (Å²) in [4.78, 5) is 26.6. The fraction of sp³-hybridized carbons (Fsp3) is 0.364. The average molecular weight is 267 g/mol. The van der Waals surface area contributed by atoms with Crippen molar-refractivity contribution in [1.82, 2.24) is 10.4 Å². The highest BCUT2D eigenvalue weighted by Gasteiger charge is 2.23. The molecule has 1 aliphatic rings. The van der Waals surface area contributed by atoms with Crippen molar-refractivity contribution in [1.29, 1.82) is 0 Å². The smallest absolute Gasteiger partial charge is 0.235 e. The summed E-state index contributed by atoms with van der Waals surface area (Å²) in [7, 11) is 0. The van der Waals surface area contributed by atoms with Gasteiger partial charge in [0.15, 0.2) is 5.78 Å². The van der Waals surface area contributed by atoms with Crippen molar-refractivity contribution < 1.29 is 14.7 Å². The number of carbonyl (C=O) groups excluding carboxylic acids is 2. The van der Waals surface area contributed by atoms with Crippen LogP contribution >= 0.6 is 11.3 Å². The van der Waals surface area contributed by atoms with E-state index >= 15 is 0 Å². The molecule has 0 atom stereocenters. The minimum absolute atomic E-state index is 0.0878. The van der Waals surface area contributed by atoms with Gasteiger partial charge in [0.2, 0.25) is 11.0 Å². The Morgan fingerprint density at radius 1 is 1.50 bits per heavy atom. The first-order chi connectivity index (χ1) is 8.58. The minimum atomic E-state index is -0.234. The lowest BCUT2D eigenvalue weighted by atomic mass is 9.95. The number of Topliss-reactive ketones (excluding diaryl/α,β-unsaturated/α-hetero) is 1. The molecule has 0 unspecified atom stereocenters. The van der Waals surface area contributed by atoms with Crippen LogP contribution in [0.5, 0.6) is 0 Å². The molecule has 1 aromatic heterocycles. The Balaban J connectivity index is 2.19. The molecule has 0 aliphatic heterocycles. The number of allylic oxidation sites excluding steroid dienone is 2. The van der Waals surface area contributed by atoms with Crippen molar-refractivity contribution >= 4 is 33.7 Å². The number of aliphatic hydroxyl groups is 1. The van der Waals surface area contributed by atoms with Crippen molar-refractivity contribution in [2.24, 2.45) is 0 Å². The predicted octanol–water partition coefficient (Wildman–Crippen LogP) is 1.63. The number of rotatable bonds is 3. The molecule has 0 saturated heterocycles. The topological polar surface area (TPSA) is 91.3 Å². The van der Waals surface area contributed by atoms with Crippen LogP contribution in [-0.4, -0.2) is 21.8 Å². The van der Waals surface area contributed by atoms with E-state index in [2.05, 4.69) is 15.8 Å². The zero-order valence-corrected chi connectivity index (χ0v) is 10.6. The van der Waals surface area contributed by atoms with Gasteiger partial charge in [-0.3, -0.25) is 20.4 Å². The van der Waals surface area contributed by atoms with Crippen LogP contribution in [0.15, 0.2) is 11.1 Å². The lowest BCUT2D eigenvalue weighted by molar-refractivity contribution is -0.118. The number of aliphatic hydroxyl groups excluding tert-OH is 1. The van der Waals surface area contributed by atoms with Crippen LogP contribution in [0.1, 0.15) is 31.9 Å². The van der Waals surface area contributed by atoms with Gasteiger partial charge >= 0.3 is 0 Å². The van der Waals surface area contributed by atoms with Gasteiger partial charge in [0, 0.05) is 25.1 Å². The quantitative estimate of drug-likeness (QED) is 0.724. The van der Waals surface area contributed by atoms with E-state index in [0.29, 0.717) is 35.7 Å². The van der Waals surface area contributed by atoms with E-state index in [1.54, 1.807) is 5.38 Å². The number of hydrazine groups is 1. The van der Waals surface area contributed by atoms with Gasteiger partial charge < -0.3 is 5.11 Å². The number of aromatic nitrogens is 1. The first-order valence-corrected chi connectivity index (χ1v) is 6.39. The van der Waals surface area contributed by atoms with Crippen LogP contribution in [0.3, 0.4) is 0 Å². The summed E-state index contributed by atoms with van der Waals surface area (Å²) in [6.07, 6.45) is 1.62. The van der Waals surface area contributed by atoms with Gasteiger partial charge in [-0.1, -0.05) is 0 Å². The Hall–Kier alpha value is -1.89. The van der Waals surface area contributed by atoms with E-state index < -0.39 is 0 Å². The molecule has 0 fully saturated rings. The van der Waals surface area contributed by atoms with Crippen LogP contribution in [0.4, 0.5) is 5.13 Å². The van der Waals surface area contributed by atoms with E-state index in [9.17, 15) is 14.7 Å². The van der Waals surface area contributed by atoms with Gasteiger partial charge in [-0.15, -0.1) is 11.3 Å². The number of nitrogens with zero attached hydrogens (tertiary/aromatic N) is 1. The van der Waals surface area contributed by atoms with Gasteiger partial charge in [-0.25, -0.2) is 4.98 Å². The number of anilines is 1. The van der Waals surface area contributed by atoms with Crippen molar-refractivity contribution in [2.45, 2.75) is 26.2 Å². The van der Waals surface area contributed by atoms with Gasteiger partial charge in [0.1, 0.15) is 5.76 Å². The lowest BCUT2D eigenvalue weighted by Gasteiger charge is -2.12. The van der Waals surface area contributed by atoms with Crippen molar-refractivity contribution in [2.75, 3.05) is 5.43 Å². The van der Waals surface area contributed by atoms with Gasteiger partial charge in [-0.2, -0.15) is 0 Å². The molecule has 1 aromatic rings. The third-order valence-corrected chi connectivity index (χ3v) is 3.25. The van der Waals surface area contributed by atoms with Crippen molar-refractivity contribution in [3.8, 4) is 0 Å². The first-order valence-electron chi connectivity index (χ1n) is 5.51. The van der Waals surface area contributed by atoms with E-state index in [1.807, 2.05) is 0 Å². The Kier molecular flexibility index (Phi) is 3.61. The second kappa shape index (κ2) is 5.18. The maximum absolute atomic E-state index is 11.7. The summed E-state index contributed by atoms with van der Waals surface area (Å²) >= 11 is 1.25. The maximum atomic E-state index is 11.7. The molecule has 0 radical (unpaired) electrons. The number of nitrogens with one attached hydrogen (secondary N) is 2. The third kappa shape index (κ3) is 2.67. The summed E-state index contributed by atoms with van der Waals surface area (Å²) in [6, 6.07) is 0. The molecule has 1 heterocycles. The second-order valence-corrected chi connectivity index (χ2v) is 4.80. The van der Waals surface area contributed by atoms with E-state index in [4.69, 9.17) is 0 Å². The van der Waals surface area contributed by atoms with Gasteiger partial charge in [0.05, 0.1) is 11.3 Å². The molecule has 1 amide bonds.